The number of aromatic nitrogens is 2. The molecule has 106 valence electrons. The quantitative estimate of drug-likeness (QED) is 0.579. The smallest absolute Gasteiger partial charge is 0.190 e. The van der Waals surface area contributed by atoms with Crippen LogP contribution in [-0.4, -0.2) is 35.7 Å². The molecule has 7 heteroatoms. The molecule has 7 nitrogen and oxygen atoms in total. The van der Waals surface area contributed by atoms with Gasteiger partial charge >= 0.3 is 0 Å². The topological polar surface area (TPSA) is 94.7 Å². The summed E-state index contributed by atoms with van der Waals surface area (Å²) in [6, 6.07) is 4.16. The SMILES string of the molecule is CCCN(c1cc/c(=N/N)n(N)n1)C1CCOCC1. The normalized spacial score (nSPS) is 17.6. The Hall–Kier alpha value is -1.76. The molecule has 0 spiro atoms. The van der Waals surface area contributed by atoms with Crippen molar-refractivity contribution in [1.29, 1.82) is 0 Å². The minimum absolute atomic E-state index is 0.451. The van der Waals surface area contributed by atoms with Crippen molar-refractivity contribution in [1.82, 2.24) is 9.89 Å². The van der Waals surface area contributed by atoms with Crippen molar-refractivity contribution in [2.75, 3.05) is 30.5 Å². The van der Waals surface area contributed by atoms with Crippen LogP contribution in [0.2, 0.25) is 0 Å². The second-order valence-electron chi connectivity index (χ2n) is 4.66. The predicted molar refractivity (Wildman–Crippen MR) is 73.6 cm³/mol. The highest BCUT2D eigenvalue weighted by molar-refractivity contribution is 5.38. The van der Waals surface area contributed by atoms with Gasteiger partial charge in [-0.2, -0.15) is 9.89 Å². The first-order chi connectivity index (χ1) is 9.26. The fourth-order valence-electron chi connectivity index (χ4n) is 2.40. The van der Waals surface area contributed by atoms with Gasteiger partial charge in [-0.25, -0.2) is 0 Å². The van der Waals surface area contributed by atoms with Crippen LogP contribution in [0.4, 0.5) is 5.82 Å². The zero-order valence-corrected chi connectivity index (χ0v) is 11.3. The summed E-state index contributed by atoms with van der Waals surface area (Å²) >= 11 is 0. The minimum Gasteiger partial charge on any atom is -0.381 e. The number of ether oxygens (including phenoxy) is 1. The van der Waals surface area contributed by atoms with E-state index in [-0.39, 0.29) is 0 Å². The highest BCUT2D eigenvalue weighted by Crippen LogP contribution is 2.20. The molecule has 0 atom stereocenters. The second-order valence-corrected chi connectivity index (χ2v) is 4.66. The van der Waals surface area contributed by atoms with Gasteiger partial charge in [0.1, 0.15) is 0 Å². The lowest BCUT2D eigenvalue weighted by molar-refractivity contribution is 0.0842. The van der Waals surface area contributed by atoms with Gasteiger partial charge in [0.15, 0.2) is 11.3 Å². The van der Waals surface area contributed by atoms with E-state index in [1.165, 1.54) is 4.79 Å². The Morgan fingerprint density at radius 1 is 1.47 bits per heavy atom. The Morgan fingerprint density at radius 2 is 2.21 bits per heavy atom. The number of hydrogen-bond acceptors (Lipinski definition) is 6. The van der Waals surface area contributed by atoms with E-state index in [2.05, 4.69) is 22.0 Å². The lowest BCUT2D eigenvalue weighted by Crippen LogP contribution is -2.42. The average Bonchev–Trinajstić information content (AvgIpc) is 2.45. The zero-order valence-electron chi connectivity index (χ0n) is 11.3. The van der Waals surface area contributed by atoms with Gasteiger partial charge in [0, 0.05) is 25.8 Å². The third-order valence-electron chi connectivity index (χ3n) is 3.35. The van der Waals surface area contributed by atoms with Gasteiger partial charge in [-0.3, -0.25) is 0 Å². The molecule has 1 fully saturated rings. The average molecular weight is 266 g/mol. The van der Waals surface area contributed by atoms with Crippen LogP contribution in [0.15, 0.2) is 17.2 Å². The first kappa shape index (κ1) is 13.7. The van der Waals surface area contributed by atoms with Gasteiger partial charge in [-0.05, 0) is 31.4 Å². The summed E-state index contributed by atoms with van der Waals surface area (Å²) in [6.07, 6.45) is 3.11. The molecule has 1 saturated heterocycles. The molecule has 0 saturated carbocycles. The highest BCUT2D eigenvalue weighted by Gasteiger charge is 2.22. The standard InChI is InChI=1S/C12H22N6O/c1-2-7-17(10-5-8-19-9-6-10)12-4-3-11(15-13)18(14)16-12/h3-4,10H,2,5-9,13-14H2,1H3/b15-11-. The van der Waals surface area contributed by atoms with Crippen molar-refractivity contribution in [2.45, 2.75) is 32.2 Å². The molecule has 1 aliphatic heterocycles. The molecule has 0 unspecified atom stereocenters. The summed E-state index contributed by atoms with van der Waals surface area (Å²) in [5.74, 6) is 11.9. The number of hydrogen-bond donors (Lipinski definition) is 2. The summed E-state index contributed by atoms with van der Waals surface area (Å²) in [6.45, 7) is 4.73. The van der Waals surface area contributed by atoms with Crippen LogP contribution in [0.5, 0.6) is 0 Å². The fourth-order valence-corrected chi connectivity index (χ4v) is 2.40. The first-order valence-electron chi connectivity index (χ1n) is 6.70. The van der Waals surface area contributed by atoms with E-state index >= 15 is 0 Å². The van der Waals surface area contributed by atoms with E-state index < -0.39 is 0 Å². The lowest BCUT2D eigenvalue weighted by Gasteiger charge is -2.35. The third-order valence-corrected chi connectivity index (χ3v) is 3.35. The van der Waals surface area contributed by atoms with Crippen LogP contribution in [0, 0.1) is 0 Å². The summed E-state index contributed by atoms with van der Waals surface area (Å²) < 4.78 is 5.42. The minimum atomic E-state index is 0.451. The predicted octanol–water partition coefficient (Wildman–Crippen LogP) is -0.233. The third kappa shape index (κ3) is 3.17. The molecule has 1 aliphatic rings. The van der Waals surface area contributed by atoms with Crippen molar-refractivity contribution in [3.8, 4) is 0 Å². The summed E-state index contributed by atoms with van der Waals surface area (Å²) in [5, 5.41) is 7.91. The van der Waals surface area contributed by atoms with E-state index in [0.29, 0.717) is 11.5 Å². The molecule has 4 N–H and O–H groups in total. The van der Waals surface area contributed by atoms with Crippen LogP contribution in [0.3, 0.4) is 0 Å². The largest absolute Gasteiger partial charge is 0.381 e. The first-order valence-corrected chi connectivity index (χ1v) is 6.70. The lowest BCUT2D eigenvalue weighted by atomic mass is 10.1. The maximum Gasteiger partial charge on any atom is 0.190 e. The van der Waals surface area contributed by atoms with Crippen molar-refractivity contribution in [2.24, 2.45) is 10.9 Å². The summed E-state index contributed by atoms with van der Waals surface area (Å²) in [7, 11) is 0. The molecular formula is C12H22N6O. The number of anilines is 1. The highest BCUT2D eigenvalue weighted by atomic mass is 16.5. The van der Waals surface area contributed by atoms with E-state index in [1.54, 1.807) is 6.07 Å². The number of nitrogens with two attached hydrogens (primary N) is 2. The molecule has 0 bridgehead atoms. The van der Waals surface area contributed by atoms with Gasteiger partial charge in [-0.15, -0.1) is 5.10 Å². The Balaban J connectivity index is 2.25. The van der Waals surface area contributed by atoms with E-state index in [1.807, 2.05) is 6.07 Å². The Bertz CT molecular complexity index is 466. The maximum absolute atomic E-state index is 5.78. The van der Waals surface area contributed by atoms with Crippen molar-refractivity contribution in [3.63, 3.8) is 0 Å². The van der Waals surface area contributed by atoms with Crippen molar-refractivity contribution in [3.05, 3.63) is 17.6 Å². The van der Waals surface area contributed by atoms with Crippen LogP contribution >= 0.6 is 0 Å². The van der Waals surface area contributed by atoms with Gasteiger partial charge < -0.3 is 21.3 Å². The van der Waals surface area contributed by atoms with E-state index in [4.69, 9.17) is 16.4 Å². The maximum atomic E-state index is 5.78. The molecule has 0 radical (unpaired) electrons. The van der Waals surface area contributed by atoms with Crippen LogP contribution in [0.1, 0.15) is 26.2 Å². The monoisotopic (exact) mass is 266 g/mol. The van der Waals surface area contributed by atoms with Gasteiger partial charge in [-0.1, -0.05) is 6.92 Å². The number of rotatable bonds is 4. The fraction of sp³-hybridized carbons (Fsp3) is 0.667. The van der Waals surface area contributed by atoms with Gasteiger partial charge in [0.05, 0.1) is 0 Å². The summed E-state index contributed by atoms with van der Waals surface area (Å²) in [4.78, 5) is 3.52. The molecule has 1 aromatic rings. The molecule has 0 aromatic carbocycles. The molecule has 2 heterocycles. The molecule has 0 amide bonds. The van der Waals surface area contributed by atoms with Gasteiger partial charge in [0.25, 0.3) is 0 Å². The molecule has 2 rings (SSSR count). The molecule has 0 aliphatic carbocycles. The summed E-state index contributed by atoms with van der Waals surface area (Å²) in [5.41, 5.74) is 0.451. The van der Waals surface area contributed by atoms with Gasteiger partial charge in [0.2, 0.25) is 0 Å². The van der Waals surface area contributed by atoms with Crippen molar-refractivity contribution >= 4 is 5.82 Å². The number of nitrogen functional groups attached to an aromatic ring is 1. The van der Waals surface area contributed by atoms with Crippen LogP contribution in [0.25, 0.3) is 0 Å². The van der Waals surface area contributed by atoms with E-state index in [9.17, 15) is 0 Å². The van der Waals surface area contributed by atoms with Crippen LogP contribution in [-0.2, 0) is 4.74 Å². The molecule has 19 heavy (non-hydrogen) atoms. The zero-order chi connectivity index (χ0) is 13.7. The Morgan fingerprint density at radius 3 is 2.79 bits per heavy atom. The molecule has 1 aromatic heterocycles. The Kier molecular flexibility index (Phi) is 4.62. The van der Waals surface area contributed by atoms with Crippen LogP contribution < -0.4 is 22.1 Å². The second kappa shape index (κ2) is 6.42. The Labute approximate surface area is 112 Å². The van der Waals surface area contributed by atoms with E-state index in [0.717, 1.165) is 44.8 Å². The van der Waals surface area contributed by atoms with Crippen molar-refractivity contribution < 1.29 is 4.74 Å². The number of nitrogens with zero attached hydrogens (tertiary/aromatic N) is 4. The molecular weight excluding hydrogens is 244 g/mol.